The third kappa shape index (κ3) is 5.06. The van der Waals surface area contributed by atoms with Gasteiger partial charge < -0.3 is 5.32 Å². The number of hydrogen-bond donors (Lipinski definition) is 1. The summed E-state index contributed by atoms with van der Waals surface area (Å²) in [5.41, 5.74) is 0.822. The summed E-state index contributed by atoms with van der Waals surface area (Å²) in [4.78, 5) is 22.3. The van der Waals surface area contributed by atoms with Gasteiger partial charge in [0.15, 0.2) is 0 Å². The van der Waals surface area contributed by atoms with E-state index >= 15 is 0 Å². The molecule has 2 aromatic rings. The van der Waals surface area contributed by atoms with Crippen LogP contribution in [0.1, 0.15) is 19.4 Å². The number of nitrogens with zero attached hydrogens (tertiary/aromatic N) is 2. The molecule has 0 unspecified atom stereocenters. The molecule has 0 aliphatic heterocycles. The second-order valence-electron chi connectivity index (χ2n) is 5.88. The van der Waals surface area contributed by atoms with Gasteiger partial charge in [0.1, 0.15) is 4.90 Å². The zero-order chi connectivity index (χ0) is 20.9. The summed E-state index contributed by atoms with van der Waals surface area (Å²) < 4.78 is 26.7. The molecule has 150 valence electrons. The molecule has 0 aliphatic rings. The second kappa shape index (κ2) is 9.13. The highest BCUT2D eigenvalue weighted by Crippen LogP contribution is 2.28. The first-order valence-corrected chi connectivity index (χ1v) is 10.3. The molecule has 0 bridgehead atoms. The topological polar surface area (TPSA) is 110 Å². The predicted octanol–water partition coefficient (Wildman–Crippen LogP) is 3.46. The Labute approximate surface area is 168 Å². The van der Waals surface area contributed by atoms with Crippen molar-refractivity contribution in [1.82, 2.24) is 4.31 Å². The molecule has 8 nitrogen and oxygen atoms in total. The highest BCUT2D eigenvalue weighted by atomic mass is 35.5. The Morgan fingerprint density at radius 3 is 2.29 bits per heavy atom. The van der Waals surface area contributed by atoms with E-state index in [4.69, 9.17) is 11.6 Å². The van der Waals surface area contributed by atoms with Gasteiger partial charge in [-0.05, 0) is 23.8 Å². The second-order valence-corrected chi connectivity index (χ2v) is 8.20. The predicted molar refractivity (Wildman–Crippen MR) is 107 cm³/mol. The minimum atomic E-state index is -3.78. The summed E-state index contributed by atoms with van der Waals surface area (Å²) in [5, 5.41) is 13.4. The van der Waals surface area contributed by atoms with Crippen LogP contribution < -0.4 is 5.32 Å². The Morgan fingerprint density at radius 1 is 1.14 bits per heavy atom. The summed E-state index contributed by atoms with van der Waals surface area (Å²) in [6, 6.07) is 9.88. The van der Waals surface area contributed by atoms with E-state index in [0.29, 0.717) is 24.3 Å². The van der Waals surface area contributed by atoms with E-state index in [1.165, 1.54) is 46.8 Å². The summed E-state index contributed by atoms with van der Waals surface area (Å²) in [7, 11) is -3.78. The first-order chi connectivity index (χ1) is 13.2. The molecular formula is C18H20ClN3O5S. The van der Waals surface area contributed by atoms with Crippen LogP contribution in [-0.2, 0) is 21.2 Å². The van der Waals surface area contributed by atoms with Gasteiger partial charge in [-0.2, -0.15) is 4.31 Å². The standard InChI is InChI=1S/C18H20ClN3O5S/c1-3-21(4-2)28(26,27)17-12-14(7-10-16(17)19)20-18(23)11-13-5-8-15(9-6-13)22(24)25/h5-10,12H,3-4,11H2,1-2H3,(H,20,23). The third-order valence-corrected chi connectivity index (χ3v) is 6.58. The van der Waals surface area contributed by atoms with E-state index < -0.39 is 14.9 Å². The molecule has 0 saturated heterocycles. The number of carbonyl (C=O) groups excluding carboxylic acids is 1. The van der Waals surface area contributed by atoms with E-state index in [9.17, 15) is 23.3 Å². The molecule has 2 rings (SSSR count). The average molecular weight is 426 g/mol. The van der Waals surface area contributed by atoms with Gasteiger partial charge in [-0.3, -0.25) is 14.9 Å². The fourth-order valence-corrected chi connectivity index (χ4v) is 4.57. The number of non-ortho nitro benzene ring substituents is 1. The summed E-state index contributed by atoms with van der Waals surface area (Å²) >= 11 is 6.07. The summed E-state index contributed by atoms with van der Waals surface area (Å²) in [6.45, 7) is 4.05. The number of halogens is 1. The molecule has 28 heavy (non-hydrogen) atoms. The van der Waals surface area contributed by atoms with E-state index in [0.717, 1.165) is 0 Å². The molecule has 10 heteroatoms. The maximum absolute atomic E-state index is 12.7. The lowest BCUT2D eigenvalue weighted by atomic mass is 10.1. The first-order valence-electron chi connectivity index (χ1n) is 8.52. The van der Waals surface area contributed by atoms with Crippen LogP contribution >= 0.6 is 11.6 Å². The number of nitro benzene ring substituents is 1. The van der Waals surface area contributed by atoms with Crippen molar-refractivity contribution in [3.8, 4) is 0 Å². The largest absolute Gasteiger partial charge is 0.326 e. The third-order valence-electron chi connectivity index (χ3n) is 4.05. The number of amides is 1. The first kappa shape index (κ1) is 21.8. The maximum Gasteiger partial charge on any atom is 0.269 e. The average Bonchev–Trinajstić information content (AvgIpc) is 2.64. The fraction of sp³-hybridized carbons (Fsp3) is 0.278. The highest BCUT2D eigenvalue weighted by Gasteiger charge is 2.25. The Morgan fingerprint density at radius 2 is 1.75 bits per heavy atom. The van der Waals surface area contributed by atoms with E-state index in [-0.39, 0.29) is 27.9 Å². The van der Waals surface area contributed by atoms with Crippen molar-refractivity contribution in [3.05, 3.63) is 63.2 Å². The molecular weight excluding hydrogens is 406 g/mol. The zero-order valence-electron chi connectivity index (χ0n) is 15.4. The summed E-state index contributed by atoms with van der Waals surface area (Å²) in [6.07, 6.45) is -0.0151. The molecule has 0 radical (unpaired) electrons. The van der Waals surface area contributed by atoms with Crippen molar-refractivity contribution < 1.29 is 18.1 Å². The molecule has 0 fully saturated rings. The number of nitrogens with one attached hydrogen (secondary N) is 1. The normalized spacial score (nSPS) is 11.4. The van der Waals surface area contributed by atoms with Gasteiger partial charge in [-0.15, -0.1) is 0 Å². The Bertz CT molecular complexity index is 973. The van der Waals surface area contributed by atoms with Crippen molar-refractivity contribution in [2.75, 3.05) is 18.4 Å². The number of nitro groups is 1. The summed E-state index contributed by atoms with van der Waals surface area (Å²) in [5.74, 6) is -0.387. The quantitative estimate of drug-likeness (QED) is 0.514. The molecule has 1 amide bonds. The van der Waals surface area contributed by atoms with Gasteiger partial charge in [0.05, 0.1) is 16.4 Å². The van der Waals surface area contributed by atoms with Gasteiger partial charge in [-0.25, -0.2) is 8.42 Å². The van der Waals surface area contributed by atoms with Crippen LogP contribution in [0.5, 0.6) is 0 Å². The Balaban J connectivity index is 2.18. The van der Waals surface area contributed by atoms with Gasteiger partial charge in [0.2, 0.25) is 15.9 Å². The maximum atomic E-state index is 12.7. The van der Waals surface area contributed by atoms with Crippen LogP contribution in [0, 0.1) is 10.1 Å². The van der Waals surface area contributed by atoms with Crippen molar-refractivity contribution in [1.29, 1.82) is 0 Å². The van der Waals surface area contributed by atoms with Crippen molar-refractivity contribution >= 4 is 38.9 Å². The van der Waals surface area contributed by atoms with E-state index in [2.05, 4.69) is 5.32 Å². The smallest absolute Gasteiger partial charge is 0.269 e. The molecule has 0 aliphatic carbocycles. The zero-order valence-corrected chi connectivity index (χ0v) is 17.0. The van der Waals surface area contributed by atoms with Crippen molar-refractivity contribution in [3.63, 3.8) is 0 Å². The number of carbonyl (C=O) groups is 1. The molecule has 0 spiro atoms. The van der Waals surface area contributed by atoms with Crippen LogP contribution in [0.4, 0.5) is 11.4 Å². The van der Waals surface area contributed by atoms with Crippen molar-refractivity contribution in [2.24, 2.45) is 0 Å². The van der Waals surface area contributed by atoms with Gasteiger partial charge in [0.25, 0.3) is 5.69 Å². The number of hydrogen-bond acceptors (Lipinski definition) is 5. The monoisotopic (exact) mass is 425 g/mol. The Hall–Kier alpha value is -2.49. The van der Waals surface area contributed by atoms with Crippen LogP contribution in [0.3, 0.4) is 0 Å². The van der Waals surface area contributed by atoms with E-state index in [1.807, 2.05) is 0 Å². The molecule has 0 aromatic heterocycles. The van der Waals surface area contributed by atoms with E-state index in [1.54, 1.807) is 13.8 Å². The number of anilines is 1. The number of benzene rings is 2. The molecule has 0 atom stereocenters. The van der Waals surface area contributed by atoms with Crippen LogP contribution in [0.15, 0.2) is 47.4 Å². The number of rotatable bonds is 8. The minimum absolute atomic E-state index is 0.0151. The van der Waals surface area contributed by atoms with Crippen LogP contribution in [-0.4, -0.2) is 36.6 Å². The SMILES string of the molecule is CCN(CC)S(=O)(=O)c1cc(NC(=O)Cc2ccc([N+](=O)[O-])cc2)ccc1Cl. The number of sulfonamides is 1. The molecule has 1 N–H and O–H groups in total. The Kier molecular flexibility index (Phi) is 7.11. The lowest BCUT2D eigenvalue weighted by Gasteiger charge is -2.19. The lowest BCUT2D eigenvalue weighted by Crippen LogP contribution is -2.30. The molecule has 2 aromatic carbocycles. The minimum Gasteiger partial charge on any atom is -0.326 e. The van der Waals surface area contributed by atoms with Gasteiger partial charge in [-0.1, -0.05) is 37.6 Å². The lowest BCUT2D eigenvalue weighted by molar-refractivity contribution is -0.384. The van der Waals surface area contributed by atoms with Gasteiger partial charge in [0, 0.05) is 30.9 Å². The van der Waals surface area contributed by atoms with Crippen LogP contribution in [0.25, 0.3) is 0 Å². The molecule has 0 saturated carbocycles. The van der Waals surface area contributed by atoms with Crippen LogP contribution in [0.2, 0.25) is 5.02 Å². The van der Waals surface area contributed by atoms with Gasteiger partial charge >= 0.3 is 0 Å². The molecule has 0 heterocycles. The van der Waals surface area contributed by atoms with Crippen molar-refractivity contribution in [2.45, 2.75) is 25.2 Å². The highest BCUT2D eigenvalue weighted by molar-refractivity contribution is 7.89. The fourth-order valence-electron chi connectivity index (χ4n) is 2.61.